The zero-order valence-electron chi connectivity index (χ0n) is 25.9. The lowest BCUT2D eigenvalue weighted by Gasteiger charge is -2.24. The number of aryl methyl sites for hydroxylation is 1. The number of nitrogens with zero attached hydrogens (tertiary/aromatic N) is 6. The number of aromatic nitrogens is 5. The number of pyridine rings is 2. The van der Waals surface area contributed by atoms with Crippen LogP contribution in [0.1, 0.15) is 27.3 Å². The molecule has 0 saturated carbocycles. The fourth-order valence-corrected chi connectivity index (χ4v) is 4.56. The molecule has 5 rings (SSSR count). The van der Waals surface area contributed by atoms with Gasteiger partial charge in [0.2, 0.25) is 11.8 Å². The van der Waals surface area contributed by atoms with Gasteiger partial charge in [-0.1, -0.05) is 24.3 Å². The van der Waals surface area contributed by atoms with E-state index in [9.17, 15) is 18.0 Å². The van der Waals surface area contributed by atoms with Crippen LogP contribution in [0.3, 0.4) is 0 Å². The van der Waals surface area contributed by atoms with E-state index in [4.69, 9.17) is 19.2 Å². The Hall–Kier alpha value is -5.79. The van der Waals surface area contributed by atoms with Crippen molar-refractivity contribution in [1.29, 1.82) is 0 Å². The third-order valence-electron chi connectivity index (χ3n) is 6.94. The maximum atomic E-state index is 13.5. The second kappa shape index (κ2) is 14.1. The first-order valence-electron chi connectivity index (χ1n) is 14.2. The van der Waals surface area contributed by atoms with Gasteiger partial charge in [-0.15, -0.1) is 0 Å². The lowest BCUT2D eigenvalue weighted by atomic mass is 10.1. The summed E-state index contributed by atoms with van der Waals surface area (Å²) in [5, 5.41) is 3.04. The first-order chi connectivity index (χ1) is 22.6. The molecule has 11 nitrogen and oxygen atoms in total. The number of hydrogen-bond donors (Lipinski definition) is 1. The minimum atomic E-state index is -5.11. The Kier molecular flexibility index (Phi) is 9.78. The lowest BCUT2D eigenvalue weighted by molar-refractivity contribution is -0.0885. The summed E-state index contributed by atoms with van der Waals surface area (Å²) in [5.74, 6) is 0.368. The molecule has 5 aromatic rings. The number of hydrogen-bond acceptors (Lipinski definition) is 11. The summed E-state index contributed by atoms with van der Waals surface area (Å²) in [4.78, 5) is 36.2. The van der Waals surface area contributed by atoms with E-state index in [0.717, 1.165) is 23.4 Å². The van der Waals surface area contributed by atoms with Crippen LogP contribution in [0.2, 0.25) is 0 Å². The van der Waals surface area contributed by atoms with Crippen LogP contribution in [-0.4, -0.2) is 58.2 Å². The molecular weight excluding hydrogens is 615 g/mol. The Morgan fingerprint density at radius 2 is 1.40 bits per heavy atom. The number of nitrogens with one attached hydrogen (secondary N) is 1. The van der Waals surface area contributed by atoms with Gasteiger partial charge in [-0.05, 0) is 54.4 Å². The van der Waals surface area contributed by atoms with E-state index < -0.39 is 17.5 Å². The van der Waals surface area contributed by atoms with Gasteiger partial charge in [0, 0.05) is 30.9 Å². The predicted molar refractivity (Wildman–Crippen MR) is 168 cm³/mol. The number of ether oxygens (including phenoxy) is 3. The Morgan fingerprint density at radius 1 is 0.787 bits per heavy atom. The van der Waals surface area contributed by atoms with E-state index in [1.165, 1.54) is 13.3 Å². The maximum absolute atomic E-state index is 13.5. The van der Waals surface area contributed by atoms with Gasteiger partial charge < -0.3 is 24.4 Å². The van der Waals surface area contributed by atoms with Gasteiger partial charge in [0.1, 0.15) is 23.1 Å². The number of anilines is 3. The second-order valence-electron chi connectivity index (χ2n) is 10.2. The largest absolute Gasteiger partial charge is 0.497 e. The topological polar surface area (TPSA) is 124 Å². The molecule has 0 aliphatic heterocycles. The summed E-state index contributed by atoms with van der Waals surface area (Å²) in [6, 6.07) is 19.3. The minimum absolute atomic E-state index is 0.00950. The molecule has 0 aliphatic rings. The number of carbonyl (C=O) groups is 1. The van der Waals surface area contributed by atoms with Crippen molar-refractivity contribution in [2.45, 2.75) is 26.2 Å². The van der Waals surface area contributed by atoms with Gasteiger partial charge >= 0.3 is 6.18 Å². The van der Waals surface area contributed by atoms with Crippen molar-refractivity contribution in [3.8, 4) is 28.8 Å². The molecule has 0 spiro atoms. The highest BCUT2D eigenvalue weighted by Crippen LogP contribution is 2.31. The second-order valence-corrected chi connectivity index (χ2v) is 10.2. The molecule has 0 fully saturated rings. The van der Waals surface area contributed by atoms with Crippen LogP contribution in [0.4, 0.5) is 30.6 Å². The number of carbonyl (C=O) groups excluding carboxylic acids is 1. The monoisotopic (exact) mass is 645 g/mol. The SMILES string of the molecule is COc1ccc(CN(Cc2ccc(OC)cc2)c2nc(C)nc(-c3cc(C(=O)C(F)(F)F)cnc3Nc3ccc(OC)nc3)n2)cc1. The molecular formula is C33H30F3N7O4. The third kappa shape index (κ3) is 8.09. The van der Waals surface area contributed by atoms with E-state index in [1.807, 2.05) is 53.4 Å². The fraction of sp³-hybridized carbons (Fsp3) is 0.212. The van der Waals surface area contributed by atoms with Crippen molar-refractivity contribution >= 4 is 23.2 Å². The molecule has 14 heteroatoms. The van der Waals surface area contributed by atoms with E-state index in [0.29, 0.717) is 42.0 Å². The number of halogens is 3. The van der Waals surface area contributed by atoms with Crippen molar-refractivity contribution in [3.05, 3.63) is 102 Å². The molecule has 2 aromatic carbocycles. The molecule has 47 heavy (non-hydrogen) atoms. The first kappa shape index (κ1) is 32.6. The van der Waals surface area contributed by atoms with Gasteiger partial charge in [-0.3, -0.25) is 4.79 Å². The van der Waals surface area contributed by atoms with E-state index >= 15 is 0 Å². The summed E-state index contributed by atoms with van der Waals surface area (Å²) < 4.78 is 56.1. The van der Waals surface area contributed by atoms with Crippen LogP contribution in [0.15, 0.2) is 79.1 Å². The van der Waals surface area contributed by atoms with Gasteiger partial charge in [0.05, 0.1) is 38.8 Å². The molecule has 0 amide bonds. The number of benzene rings is 2. The average Bonchev–Trinajstić information content (AvgIpc) is 3.08. The highest BCUT2D eigenvalue weighted by molar-refractivity contribution is 6.01. The maximum Gasteiger partial charge on any atom is 0.454 e. The zero-order valence-corrected chi connectivity index (χ0v) is 25.9. The Bertz CT molecular complexity index is 1790. The highest BCUT2D eigenvalue weighted by Gasteiger charge is 2.40. The number of Topliss-reactive ketones (excluding diaryl/α,β-unsaturated/α-hetero) is 1. The highest BCUT2D eigenvalue weighted by atomic mass is 19.4. The van der Waals surface area contributed by atoms with Crippen molar-refractivity contribution < 1.29 is 32.2 Å². The van der Waals surface area contributed by atoms with Crippen LogP contribution < -0.4 is 24.4 Å². The zero-order chi connectivity index (χ0) is 33.6. The number of rotatable bonds is 12. The third-order valence-corrected chi connectivity index (χ3v) is 6.94. The summed E-state index contributed by atoms with van der Waals surface area (Å²) in [6.07, 6.45) is -2.79. The van der Waals surface area contributed by atoms with Crippen LogP contribution in [0, 0.1) is 6.92 Å². The summed E-state index contributed by atoms with van der Waals surface area (Å²) in [7, 11) is 4.64. The van der Waals surface area contributed by atoms with Crippen LogP contribution >= 0.6 is 0 Å². The van der Waals surface area contributed by atoms with Crippen molar-refractivity contribution in [2.24, 2.45) is 0 Å². The van der Waals surface area contributed by atoms with Crippen LogP contribution in [-0.2, 0) is 13.1 Å². The Balaban J connectivity index is 1.59. The fourth-order valence-electron chi connectivity index (χ4n) is 4.56. The summed E-state index contributed by atoms with van der Waals surface area (Å²) in [5.41, 5.74) is 1.69. The number of ketones is 1. The van der Waals surface area contributed by atoms with Gasteiger partial charge in [-0.25, -0.2) is 15.0 Å². The van der Waals surface area contributed by atoms with Crippen LogP contribution in [0.5, 0.6) is 17.4 Å². The molecule has 242 valence electrons. The molecule has 3 heterocycles. The van der Waals surface area contributed by atoms with Gasteiger partial charge in [-0.2, -0.15) is 23.1 Å². The van der Waals surface area contributed by atoms with Crippen molar-refractivity contribution in [3.63, 3.8) is 0 Å². The standard InChI is InChI=1S/C33H30F3N7O4/c1-20-39-31(27-15-23(29(44)33(34,35)36)16-38-30(27)41-24-9-14-28(47-4)37-17-24)42-32(40-20)43(18-21-5-10-25(45-2)11-6-21)19-22-7-12-26(46-3)13-8-22/h5-17H,18-19H2,1-4H3,(H,38,41). The molecule has 0 bridgehead atoms. The molecule has 0 saturated heterocycles. The van der Waals surface area contributed by atoms with E-state index in [-0.39, 0.29) is 23.2 Å². The van der Waals surface area contributed by atoms with Crippen molar-refractivity contribution in [1.82, 2.24) is 24.9 Å². The molecule has 1 N–H and O–H groups in total. The molecule has 0 unspecified atom stereocenters. The minimum Gasteiger partial charge on any atom is -0.497 e. The average molecular weight is 646 g/mol. The first-order valence-corrected chi connectivity index (χ1v) is 14.2. The van der Waals surface area contributed by atoms with E-state index in [2.05, 4.69) is 25.3 Å². The van der Waals surface area contributed by atoms with Gasteiger partial charge in [0.15, 0.2) is 5.82 Å². The van der Waals surface area contributed by atoms with Crippen LogP contribution in [0.25, 0.3) is 11.4 Å². The molecule has 0 atom stereocenters. The molecule has 3 aromatic heterocycles. The van der Waals surface area contributed by atoms with Gasteiger partial charge in [0.25, 0.3) is 5.78 Å². The smallest absolute Gasteiger partial charge is 0.454 e. The quantitative estimate of drug-likeness (QED) is 0.153. The molecule has 0 aliphatic carbocycles. The Morgan fingerprint density at radius 3 is 1.91 bits per heavy atom. The number of methoxy groups -OCH3 is 3. The summed E-state index contributed by atoms with van der Waals surface area (Å²) in [6.45, 7) is 2.38. The van der Waals surface area contributed by atoms with Crippen molar-refractivity contribution in [2.75, 3.05) is 31.5 Å². The lowest BCUT2D eigenvalue weighted by Crippen LogP contribution is -2.25. The number of alkyl halides is 3. The van der Waals surface area contributed by atoms with E-state index in [1.54, 1.807) is 33.3 Å². The normalized spacial score (nSPS) is 11.1. The Labute approximate surface area is 268 Å². The summed E-state index contributed by atoms with van der Waals surface area (Å²) >= 11 is 0. The predicted octanol–water partition coefficient (Wildman–Crippen LogP) is 6.36. The molecule has 0 radical (unpaired) electrons.